The SMILES string of the molecule is CCOC(=O)N1C2CCC(C2=C(c2ccccc2)c2ccc(F)cc2)N1C(=O)OCC. The summed E-state index contributed by atoms with van der Waals surface area (Å²) in [5, 5.41) is 2.77. The number of rotatable bonds is 4. The lowest BCUT2D eigenvalue weighted by Gasteiger charge is -2.35. The van der Waals surface area contributed by atoms with Crippen LogP contribution in [0.3, 0.4) is 0 Å². The fourth-order valence-corrected chi connectivity index (χ4v) is 4.52. The van der Waals surface area contributed by atoms with Crippen molar-refractivity contribution in [1.29, 1.82) is 0 Å². The quantitative estimate of drug-likeness (QED) is 0.693. The number of ether oxygens (including phenoxy) is 2. The molecule has 0 spiro atoms. The zero-order chi connectivity index (χ0) is 22.0. The standard InChI is InChI=1S/C24H25FN2O4/c1-3-30-23(28)26-19-14-15-20(27(26)24(29)31-4-2)22(19)21(16-8-6-5-7-9-16)17-10-12-18(25)13-11-17/h5-13,19-20H,3-4,14-15H2,1-2H3. The van der Waals surface area contributed by atoms with Gasteiger partial charge >= 0.3 is 12.2 Å². The van der Waals surface area contributed by atoms with Crippen molar-refractivity contribution < 1.29 is 23.5 Å². The third-order valence-electron chi connectivity index (χ3n) is 5.65. The number of carbonyl (C=O) groups excluding carboxylic acids is 2. The van der Waals surface area contributed by atoms with Gasteiger partial charge in [-0.05, 0) is 61.1 Å². The molecule has 0 radical (unpaired) electrons. The normalized spacial score (nSPS) is 19.5. The molecular formula is C24H25FN2O4. The maximum atomic E-state index is 13.6. The number of benzene rings is 2. The van der Waals surface area contributed by atoms with Crippen LogP contribution in [0.1, 0.15) is 37.8 Å². The Bertz CT molecular complexity index is 956. The van der Waals surface area contributed by atoms with Gasteiger partial charge in [0.1, 0.15) is 5.82 Å². The van der Waals surface area contributed by atoms with Crippen molar-refractivity contribution in [2.75, 3.05) is 13.2 Å². The fourth-order valence-electron chi connectivity index (χ4n) is 4.52. The lowest BCUT2D eigenvalue weighted by molar-refractivity contribution is -0.0378. The molecule has 6 nitrogen and oxygen atoms in total. The van der Waals surface area contributed by atoms with E-state index in [9.17, 15) is 14.0 Å². The Balaban J connectivity index is 1.90. The Labute approximate surface area is 180 Å². The Kier molecular flexibility index (Phi) is 5.93. The molecule has 1 saturated heterocycles. The molecule has 2 unspecified atom stereocenters. The highest BCUT2D eigenvalue weighted by Crippen LogP contribution is 2.47. The number of hydrogen-bond donors (Lipinski definition) is 0. The Morgan fingerprint density at radius 2 is 1.32 bits per heavy atom. The van der Waals surface area contributed by atoms with Gasteiger partial charge in [0, 0.05) is 0 Å². The summed E-state index contributed by atoms with van der Waals surface area (Å²) in [6.45, 7) is 3.86. The van der Waals surface area contributed by atoms with E-state index in [1.807, 2.05) is 30.3 Å². The van der Waals surface area contributed by atoms with Crippen LogP contribution in [0, 0.1) is 5.82 Å². The van der Waals surface area contributed by atoms with Gasteiger partial charge in [-0.25, -0.2) is 24.0 Å². The summed E-state index contributed by atoms with van der Waals surface area (Å²) in [6, 6.07) is 15.4. The van der Waals surface area contributed by atoms with Crippen LogP contribution in [0.5, 0.6) is 0 Å². The Hall–Kier alpha value is -3.35. The van der Waals surface area contributed by atoms with Gasteiger partial charge in [-0.15, -0.1) is 0 Å². The zero-order valence-corrected chi connectivity index (χ0v) is 17.6. The van der Waals surface area contributed by atoms with Crippen molar-refractivity contribution in [3.8, 4) is 0 Å². The first-order valence-electron chi connectivity index (χ1n) is 10.5. The van der Waals surface area contributed by atoms with E-state index in [2.05, 4.69) is 0 Å². The maximum absolute atomic E-state index is 13.6. The smallest absolute Gasteiger partial charge is 0.429 e. The minimum absolute atomic E-state index is 0.200. The van der Waals surface area contributed by atoms with Gasteiger partial charge < -0.3 is 9.47 Å². The number of amides is 2. The largest absolute Gasteiger partial charge is 0.448 e. The van der Waals surface area contributed by atoms with Crippen LogP contribution < -0.4 is 0 Å². The van der Waals surface area contributed by atoms with E-state index in [-0.39, 0.29) is 31.1 Å². The van der Waals surface area contributed by atoms with Gasteiger partial charge in [0.15, 0.2) is 0 Å². The van der Waals surface area contributed by atoms with Crippen molar-refractivity contribution in [2.24, 2.45) is 0 Å². The highest BCUT2D eigenvalue weighted by Gasteiger charge is 2.55. The average molecular weight is 424 g/mol. The molecule has 2 aromatic carbocycles. The molecular weight excluding hydrogens is 399 g/mol. The lowest BCUT2D eigenvalue weighted by atomic mass is 9.90. The summed E-state index contributed by atoms with van der Waals surface area (Å²) in [5.74, 6) is -0.322. The van der Waals surface area contributed by atoms with Crippen LogP contribution in [-0.2, 0) is 9.47 Å². The van der Waals surface area contributed by atoms with Crippen molar-refractivity contribution >= 4 is 17.8 Å². The summed E-state index contributed by atoms with van der Waals surface area (Å²) in [5.41, 5.74) is 3.61. The van der Waals surface area contributed by atoms with Crippen molar-refractivity contribution in [3.05, 3.63) is 77.1 Å². The van der Waals surface area contributed by atoms with Crippen LogP contribution in [0.2, 0.25) is 0 Å². The van der Waals surface area contributed by atoms with E-state index >= 15 is 0 Å². The third-order valence-corrected chi connectivity index (χ3v) is 5.65. The summed E-state index contributed by atoms with van der Waals surface area (Å²) < 4.78 is 24.2. The number of halogens is 1. The number of fused-ring (bicyclic) bond motifs is 2. The van der Waals surface area contributed by atoms with Gasteiger partial charge in [0.2, 0.25) is 0 Å². The predicted molar refractivity (Wildman–Crippen MR) is 113 cm³/mol. The second-order valence-electron chi connectivity index (χ2n) is 7.40. The monoisotopic (exact) mass is 424 g/mol. The number of hydrogen-bond acceptors (Lipinski definition) is 4. The Morgan fingerprint density at radius 3 is 1.81 bits per heavy atom. The maximum Gasteiger partial charge on any atom is 0.429 e. The van der Waals surface area contributed by atoms with Crippen LogP contribution in [0.4, 0.5) is 14.0 Å². The van der Waals surface area contributed by atoms with E-state index in [0.717, 1.165) is 22.3 Å². The lowest BCUT2D eigenvalue weighted by Crippen LogP contribution is -2.53. The molecule has 2 bridgehead atoms. The highest BCUT2D eigenvalue weighted by atomic mass is 19.1. The first-order valence-corrected chi connectivity index (χ1v) is 10.5. The van der Waals surface area contributed by atoms with Crippen LogP contribution in [0.15, 0.2) is 60.2 Å². The summed E-state index contributed by atoms with van der Waals surface area (Å²) in [6.07, 6.45) is 0.247. The van der Waals surface area contributed by atoms with Crippen LogP contribution in [-0.4, -0.2) is 47.5 Å². The van der Waals surface area contributed by atoms with E-state index in [4.69, 9.17) is 9.47 Å². The highest BCUT2D eigenvalue weighted by molar-refractivity contribution is 5.87. The minimum Gasteiger partial charge on any atom is -0.448 e. The number of hydrazine groups is 1. The molecule has 4 rings (SSSR count). The van der Waals surface area contributed by atoms with E-state index in [0.29, 0.717) is 12.8 Å². The first-order chi connectivity index (χ1) is 15.1. The average Bonchev–Trinajstić information content (AvgIpc) is 3.32. The van der Waals surface area contributed by atoms with E-state index in [1.165, 1.54) is 22.2 Å². The molecule has 1 aliphatic carbocycles. The molecule has 1 saturated carbocycles. The van der Waals surface area contributed by atoms with Crippen molar-refractivity contribution in [2.45, 2.75) is 38.8 Å². The Morgan fingerprint density at radius 1 is 0.839 bits per heavy atom. The third kappa shape index (κ3) is 3.76. The van der Waals surface area contributed by atoms with E-state index in [1.54, 1.807) is 26.0 Å². The molecule has 2 aromatic rings. The summed E-state index contributed by atoms with van der Waals surface area (Å²) >= 11 is 0. The molecule has 2 amide bonds. The molecule has 162 valence electrons. The zero-order valence-electron chi connectivity index (χ0n) is 17.6. The number of carbonyl (C=O) groups is 2. The second-order valence-corrected chi connectivity index (χ2v) is 7.40. The topological polar surface area (TPSA) is 59.1 Å². The molecule has 2 atom stereocenters. The molecule has 2 fully saturated rings. The molecule has 0 N–H and O–H groups in total. The van der Waals surface area contributed by atoms with Gasteiger partial charge in [-0.2, -0.15) is 0 Å². The minimum atomic E-state index is -0.577. The molecule has 1 aliphatic heterocycles. The van der Waals surface area contributed by atoms with Gasteiger partial charge in [-0.3, -0.25) is 0 Å². The molecule has 0 aromatic heterocycles. The van der Waals surface area contributed by atoms with Gasteiger partial charge in [0.05, 0.1) is 25.3 Å². The first kappa shape index (κ1) is 20.9. The van der Waals surface area contributed by atoms with E-state index < -0.39 is 12.2 Å². The summed E-state index contributed by atoms with van der Waals surface area (Å²) in [7, 11) is 0. The van der Waals surface area contributed by atoms with Crippen LogP contribution in [0.25, 0.3) is 5.57 Å². The van der Waals surface area contributed by atoms with Crippen molar-refractivity contribution in [1.82, 2.24) is 10.0 Å². The van der Waals surface area contributed by atoms with Gasteiger partial charge in [0.25, 0.3) is 0 Å². The molecule has 2 aliphatic rings. The number of nitrogens with zero attached hydrogens (tertiary/aromatic N) is 2. The van der Waals surface area contributed by atoms with Crippen molar-refractivity contribution in [3.63, 3.8) is 0 Å². The van der Waals surface area contributed by atoms with Crippen LogP contribution >= 0.6 is 0 Å². The summed E-state index contributed by atoms with van der Waals surface area (Å²) in [4.78, 5) is 25.6. The second kappa shape index (κ2) is 8.79. The predicted octanol–water partition coefficient (Wildman–Crippen LogP) is 5.00. The fraction of sp³-hybridized carbons (Fsp3) is 0.333. The van der Waals surface area contributed by atoms with Gasteiger partial charge in [-0.1, -0.05) is 42.5 Å². The molecule has 7 heteroatoms. The molecule has 31 heavy (non-hydrogen) atoms. The molecule has 1 heterocycles.